The van der Waals surface area contributed by atoms with E-state index in [1.807, 2.05) is 22.7 Å². The lowest BCUT2D eigenvalue weighted by Gasteiger charge is -2.18. The third-order valence-corrected chi connectivity index (χ3v) is 6.75. The molecule has 0 amide bonds. The predicted molar refractivity (Wildman–Crippen MR) is 132 cm³/mol. The van der Waals surface area contributed by atoms with Crippen LogP contribution in [-0.2, 0) is 0 Å². The highest BCUT2D eigenvalue weighted by molar-refractivity contribution is 5.91. The molecule has 0 radical (unpaired) electrons. The molecule has 2 N–H and O–H groups in total. The van der Waals surface area contributed by atoms with E-state index in [9.17, 15) is 4.39 Å². The van der Waals surface area contributed by atoms with Crippen molar-refractivity contribution in [3.8, 4) is 22.5 Å². The molecule has 4 heterocycles. The Morgan fingerprint density at radius 1 is 0.912 bits per heavy atom. The predicted octanol–water partition coefficient (Wildman–Crippen LogP) is 5.37. The van der Waals surface area contributed by atoms with E-state index < -0.39 is 0 Å². The summed E-state index contributed by atoms with van der Waals surface area (Å²) in [6.07, 6.45) is 8.95. The van der Waals surface area contributed by atoms with Crippen molar-refractivity contribution in [3.05, 3.63) is 60.5 Å². The van der Waals surface area contributed by atoms with Gasteiger partial charge >= 0.3 is 0 Å². The largest absolute Gasteiger partial charge is 0.351 e. The van der Waals surface area contributed by atoms with Crippen molar-refractivity contribution in [2.45, 2.75) is 44.6 Å². The lowest BCUT2D eigenvalue weighted by molar-refractivity contribution is 0.406. The number of fused-ring (bicyclic) bond motifs is 1. The zero-order valence-corrected chi connectivity index (χ0v) is 19.0. The second kappa shape index (κ2) is 9.02. The molecule has 2 aliphatic rings. The summed E-state index contributed by atoms with van der Waals surface area (Å²) < 4.78 is 15.6. The molecule has 0 bridgehead atoms. The summed E-state index contributed by atoms with van der Waals surface area (Å²) in [6, 6.07) is 14.9. The molecule has 0 atom stereocenters. The molecule has 0 unspecified atom stereocenters. The fraction of sp³-hybridized carbons (Fsp3) is 0.346. The van der Waals surface area contributed by atoms with Gasteiger partial charge in [0.15, 0.2) is 0 Å². The van der Waals surface area contributed by atoms with E-state index in [-0.39, 0.29) is 5.82 Å². The smallest absolute Gasteiger partial charge is 0.223 e. The Bertz CT molecular complexity index is 1290. The summed E-state index contributed by atoms with van der Waals surface area (Å²) in [5, 5.41) is 10.7. The van der Waals surface area contributed by atoms with Gasteiger partial charge in [0.1, 0.15) is 17.3 Å². The molecule has 4 aromatic rings. The number of hydrogen-bond acceptors (Lipinski definition) is 6. The van der Waals surface area contributed by atoms with E-state index in [4.69, 9.17) is 10.1 Å². The fourth-order valence-electron chi connectivity index (χ4n) is 5.03. The summed E-state index contributed by atoms with van der Waals surface area (Å²) in [5.74, 6) is 1.27. The Kier molecular flexibility index (Phi) is 5.58. The van der Waals surface area contributed by atoms with Gasteiger partial charge in [-0.3, -0.25) is 0 Å². The van der Waals surface area contributed by atoms with E-state index >= 15 is 0 Å². The summed E-state index contributed by atoms with van der Waals surface area (Å²) in [7, 11) is 0. The van der Waals surface area contributed by atoms with Crippen molar-refractivity contribution in [1.29, 1.82) is 0 Å². The molecule has 8 heteroatoms. The Labute approximate surface area is 198 Å². The van der Waals surface area contributed by atoms with Crippen LogP contribution in [0.2, 0.25) is 0 Å². The van der Waals surface area contributed by atoms with Gasteiger partial charge in [-0.25, -0.2) is 23.9 Å². The number of halogens is 1. The number of hydrogen-bond donors (Lipinski definition) is 2. The van der Waals surface area contributed by atoms with Crippen LogP contribution in [0.15, 0.2) is 54.7 Å². The zero-order valence-electron chi connectivity index (χ0n) is 19.0. The highest BCUT2D eigenvalue weighted by atomic mass is 19.1. The first-order valence-electron chi connectivity index (χ1n) is 12.1. The summed E-state index contributed by atoms with van der Waals surface area (Å²) in [5.41, 5.74) is 7.78. The van der Waals surface area contributed by atoms with Gasteiger partial charge in [-0.15, -0.1) is 0 Å². The van der Waals surface area contributed by atoms with Gasteiger partial charge in [-0.1, -0.05) is 18.9 Å². The molecular formula is C26H28FN7. The third-order valence-electron chi connectivity index (χ3n) is 6.75. The molecule has 174 valence electrons. The minimum atomic E-state index is -0.268. The lowest BCUT2D eigenvalue weighted by atomic mass is 10.0. The van der Waals surface area contributed by atoms with Gasteiger partial charge in [0.2, 0.25) is 5.95 Å². The average Bonchev–Trinajstić information content (AvgIpc) is 3.61. The molecule has 34 heavy (non-hydrogen) atoms. The van der Waals surface area contributed by atoms with Crippen LogP contribution in [0.4, 0.5) is 16.2 Å². The minimum Gasteiger partial charge on any atom is -0.351 e. The van der Waals surface area contributed by atoms with Gasteiger partial charge in [-0.2, -0.15) is 5.10 Å². The number of aromatic nitrogens is 4. The third kappa shape index (κ3) is 4.09. The van der Waals surface area contributed by atoms with E-state index in [1.54, 1.807) is 18.3 Å². The van der Waals surface area contributed by atoms with E-state index in [0.717, 1.165) is 59.8 Å². The van der Waals surface area contributed by atoms with Crippen molar-refractivity contribution >= 4 is 17.3 Å². The highest BCUT2D eigenvalue weighted by Gasteiger charge is 2.22. The highest BCUT2D eigenvalue weighted by Crippen LogP contribution is 2.36. The molecule has 1 aliphatic heterocycles. The molecule has 1 aromatic carbocycles. The van der Waals surface area contributed by atoms with Crippen LogP contribution in [0.1, 0.15) is 38.5 Å². The van der Waals surface area contributed by atoms with Crippen molar-refractivity contribution < 1.29 is 4.39 Å². The summed E-state index contributed by atoms with van der Waals surface area (Å²) in [6.45, 7) is 2.02. The monoisotopic (exact) mass is 457 g/mol. The van der Waals surface area contributed by atoms with Gasteiger partial charge in [0, 0.05) is 30.9 Å². The van der Waals surface area contributed by atoms with Crippen LogP contribution in [0.25, 0.3) is 28.0 Å². The number of hydrazine groups is 1. The Hall–Kier alpha value is -3.52. The number of nitrogens with zero attached hydrogens (tertiary/aromatic N) is 5. The van der Waals surface area contributed by atoms with E-state index in [1.165, 1.54) is 37.8 Å². The first kappa shape index (κ1) is 21.0. The number of pyridine rings is 1. The maximum absolute atomic E-state index is 13.7. The number of anilines is 2. The molecule has 0 spiro atoms. The van der Waals surface area contributed by atoms with Crippen molar-refractivity contribution in [2.75, 3.05) is 23.8 Å². The van der Waals surface area contributed by atoms with Crippen LogP contribution in [0.5, 0.6) is 0 Å². The molecular weight excluding hydrogens is 429 g/mol. The van der Waals surface area contributed by atoms with Crippen LogP contribution in [0, 0.1) is 5.82 Å². The van der Waals surface area contributed by atoms with E-state index in [0.29, 0.717) is 12.0 Å². The maximum Gasteiger partial charge on any atom is 0.223 e. The Balaban J connectivity index is 1.47. The number of nitrogens with one attached hydrogen (secondary N) is 2. The fourth-order valence-corrected chi connectivity index (χ4v) is 5.03. The van der Waals surface area contributed by atoms with Crippen LogP contribution < -0.4 is 10.7 Å². The normalized spacial score (nSPS) is 17.0. The quantitative estimate of drug-likeness (QED) is 0.405. The van der Waals surface area contributed by atoms with Crippen LogP contribution >= 0.6 is 0 Å². The molecule has 1 saturated carbocycles. The average molecular weight is 458 g/mol. The Morgan fingerprint density at radius 3 is 2.50 bits per heavy atom. The first-order valence-corrected chi connectivity index (χ1v) is 12.1. The summed E-state index contributed by atoms with van der Waals surface area (Å²) >= 11 is 0. The minimum absolute atomic E-state index is 0.268. The zero-order chi connectivity index (χ0) is 22.9. The van der Waals surface area contributed by atoms with Crippen molar-refractivity contribution in [2.24, 2.45) is 0 Å². The van der Waals surface area contributed by atoms with Gasteiger partial charge in [0.05, 0.1) is 16.8 Å². The second-order valence-corrected chi connectivity index (χ2v) is 9.14. The second-order valence-electron chi connectivity index (χ2n) is 9.14. The number of benzene rings is 1. The van der Waals surface area contributed by atoms with Crippen LogP contribution in [0.3, 0.4) is 0 Å². The first-order chi connectivity index (χ1) is 16.7. The van der Waals surface area contributed by atoms with Gasteiger partial charge in [-0.05, 0) is 68.1 Å². The van der Waals surface area contributed by atoms with Crippen LogP contribution in [-0.4, -0.2) is 43.7 Å². The topological polar surface area (TPSA) is 70.4 Å². The maximum atomic E-state index is 13.7. The SMILES string of the molecule is Fc1ccc(-c2nn3c(NN4CCCC4)cccc3c2-c2ccnc(NC3CCCC3)n2)cc1. The molecule has 2 fully saturated rings. The standard InChI is InChI=1S/C26H28FN7/c27-19-12-10-18(11-13-19)25-24(21-14-15-28-26(30-21)29-20-6-1-2-7-20)22-8-5-9-23(34(22)32-25)31-33-16-3-4-17-33/h5,8-15,20,31H,1-4,6-7,16-17H2,(H,28,29,30). The number of rotatable bonds is 6. The lowest BCUT2D eigenvalue weighted by Crippen LogP contribution is -2.27. The molecule has 1 saturated heterocycles. The molecule has 6 rings (SSSR count). The van der Waals surface area contributed by atoms with Crippen molar-refractivity contribution in [1.82, 2.24) is 24.6 Å². The van der Waals surface area contributed by atoms with Gasteiger partial charge < -0.3 is 10.7 Å². The van der Waals surface area contributed by atoms with Crippen molar-refractivity contribution in [3.63, 3.8) is 0 Å². The molecule has 7 nitrogen and oxygen atoms in total. The van der Waals surface area contributed by atoms with Gasteiger partial charge in [0.25, 0.3) is 0 Å². The Morgan fingerprint density at radius 2 is 1.71 bits per heavy atom. The molecule has 1 aliphatic carbocycles. The summed E-state index contributed by atoms with van der Waals surface area (Å²) in [4.78, 5) is 9.36. The van der Waals surface area contributed by atoms with E-state index in [2.05, 4.69) is 26.8 Å². The molecule has 3 aromatic heterocycles.